The van der Waals surface area contributed by atoms with Gasteiger partial charge in [-0.2, -0.15) is 18.3 Å². The van der Waals surface area contributed by atoms with Gasteiger partial charge in [0.25, 0.3) is 0 Å². The van der Waals surface area contributed by atoms with Crippen LogP contribution in [0.5, 0.6) is 0 Å². The lowest BCUT2D eigenvalue weighted by Crippen LogP contribution is -2.31. The molecule has 0 saturated heterocycles. The zero-order valence-electron chi connectivity index (χ0n) is 8.98. The second-order valence-corrected chi connectivity index (χ2v) is 4.49. The topological polar surface area (TPSA) is 65.5 Å². The Balaban J connectivity index is 2.23. The van der Waals surface area contributed by atoms with Crippen molar-refractivity contribution in [3.63, 3.8) is 0 Å². The Hall–Kier alpha value is -1.70. The van der Waals surface area contributed by atoms with E-state index in [4.69, 9.17) is 11.1 Å². The van der Waals surface area contributed by atoms with E-state index in [1.54, 1.807) is 0 Å². The van der Waals surface area contributed by atoms with Gasteiger partial charge in [-0.05, 0) is 17.7 Å². The number of rotatable bonds is 1. The molecular formula is C10H9F3N4S. The highest BCUT2D eigenvalue weighted by Gasteiger charge is 2.31. The van der Waals surface area contributed by atoms with Crippen molar-refractivity contribution in [3.8, 4) is 0 Å². The first-order valence-electron chi connectivity index (χ1n) is 4.88. The Morgan fingerprint density at radius 2 is 1.94 bits per heavy atom. The molecule has 4 nitrogen and oxygen atoms in total. The van der Waals surface area contributed by atoms with Gasteiger partial charge in [0, 0.05) is 0 Å². The molecule has 0 bridgehead atoms. The van der Waals surface area contributed by atoms with E-state index in [9.17, 15) is 13.2 Å². The minimum atomic E-state index is -4.35. The Morgan fingerprint density at radius 3 is 2.44 bits per heavy atom. The van der Waals surface area contributed by atoms with Gasteiger partial charge >= 0.3 is 6.18 Å². The van der Waals surface area contributed by atoms with Crippen LogP contribution in [0.1, 0.15) is 16.5 Å². The summed E-state index contributed by atoms with van der Waals surface area (Å²) in [5, 5.41) is 12.0. The van der Waals surface area contributed by atoms with Crippen molar-refractivity contribution in [2.75, 3.05) is 0 Å². The standard InChI is InChI=1S/C10H9F3N4S/c11-10(12,13)7-3-1-6(2-4-7)8-17(9(14)15)16-5-18-8/h1-5,8H,(H3,14,15). The van der Waals surface area contributed by atoms with Gasteiger partial charge in [-0.1, -0.05) is 23.9 Å². The van der Waals surface area contributed by atoms with Crippen molar-refractivity contribution >= 4 is 23.3 Å². The number of alkyl halides is 3. The molecule has 18 heavy (non-hydrogen) atoms. The van der Waals surface area contributed by atoms with Crippen LogP contribution in [-0.2, 0) is 6.18 Å². The number of hydrogen-bond donors (Lipinski definition) is 2. The highest BCUT2D eigenvalue weighted by atomic mass is 32.2. The fraction of sp³-hybridized carbons (Fsp3) is 0.200. The van der Waals surface area contributed by atoms with Crippen molar-refractivity contribution in [2.24, 2.45) is 10.8 Å². The monoisotopic (exact) mass is 274 g/mol. The average molecular weight is 274 g/mol. The molecule has 0 aliphatic carbocycles. The number of halogens is 3. The van der Waals surface area contributed by atoms with Crippen LogP contribution in [0.4, 0.5) is 13.2 Å². The van der Waals surface area contributed by atoms with Gasteiger partial charge in [0.15, 0.2) is 0 Å². The molecule has 0 amide bonds. The molecule has 96 valence electrons. The summed E-state index contributed by atoms with van der Waals surface area (Å²) < 4.78 is 37.2. The highest BCUT2D eigenvalue weighted by Crippen LogP contribution is 2.37. The van der Waals surface area contributed by atoms with Crippen LogP contribution >= 0.6 is 11.8 Å². The van der Waals surface area contributed by atoms with Gasteiger partial charge in [-0.3, -0.25) is 5.41 Å². The lowest BCUT2D eigenvalue weighted by Gasteiger charge is -2.21. The number of nitrogens with zero attached hydrogens (tertiary/aromatic N) is 2. The average Bonchev–Trinajstić information content (AvgIpc) is 2.77. The Bertz CT molecular complexity index is 483. The van der Waals surface area contributed by atoms with Crippen LogP contribution in [0.2, 0.25) is 0 Å². The molecule has 2 rings (SSSR count). The molecule has 1 aliphatic heterocycles. The summed E-state index contributed by atoms with van der Waals surface area (Å²) in [5.74, 6) is -0.249. The van der Waals surface area contributed by atoms with Crippen molar-refractivity contribution < 1.29 is 13.2 Å². The Morgan fingerprint density at radius 1 is 1.33 bits per heavy atom. The summed E-state index contributed by atoms with van der Waals surface area (Å²) in [6, 6.07) is 4.75. The highest BCUT2D eigenvalue weighted by molar-refractivity contribution is 8.12. The molecule has 0 spiro atoms. The zero-order chi connectivity index (χ0) is 13.3. The third kappa shape index (κ3) is 2.42. The van der Waals surface area contributed by atoms with Gasteiger partial charge in [-0.25, -0.2) is 5.01 Å². The number of guanidine groups is 1. The van der Waals surface area contributed by atoms with E-state index >= 15 is 0 Å². The van der Waals surface area contributed by atoms with E-state index in [0.717, 1.165) is 12.1 Å². The predicted octanol–water partition coefficient (Wildman–Crippen LogP) is 2.59. The normalized spacial score (nSPS) is 19.3. The fourth-order valence-electron chi connectivity index (χ4n) is 1.50. The first-order chi connectivity index (χ1) is 8.39. The first kappa shape index (κ1) is 12.7. The number of nitrogens with two attached hydrogens (primary N) is 1. The van der Waals surface area contributed by atoms with Gasteiger partial charge in [-0.15, -0.1) is 0 Å². The Labute approximate surface area is 105 Å². The molecule has 1 aromatic carbocycles. The molecule has 0 aromatic heterocycles. The quantitative estimate of drug-likeness (QED) is 0.611. The number of hydrogen-bond acceptors (Lipinski definition) is 3. The van der Waals surface area contributed by atoms with E-state index in [1.807, 2.05) is 0 Å². The third-order valence-electron chi connectivity index (χ3n) is 2.35. The van der Waals surface area contributed by atoms with Gasteiger partial charge in [0.2, 0.25) is 5.96 Å². The summed E-state index contributed by atoms with van der Waals surface area (Å²) in [6.45, 7) is 0. The maximum Gasteiger partial charge on any atom is 0.416 e. The molecule has 0 fully saturated rings. The largest absolute Gasteiger partial charge is 0.416 e. The molecule has 1 unspecified atom stereocenters. The van der Waals surface area contributed by atoms with E-state index in [2.05, 4.69) is 5.10 Å². The molecule has 0 radical (unpaired) electrons. The molecule has 1 aliphatic rings. The molecule has 1 atom stereocenters. The fourth-order valence-corrected chi connectivity index (χ4v) is 2.37. The number of hydrazone groups is 1. The van der Waals surface area contributed by atoms with Crippen LogP contribution in [0.3, 0.4) is 0 Å². The van der Waals surface area contributed by atoms with E-state index < -0.39 is 11.7 Å². The number of nitrogens with one attached hydrogen (secondary N) is 1. The van der Waals surface area contributed by atoms with E-state index in [0.29, 0.717) is 5.56 Å². The van der Waals surface area contributed by atoms with Crippen molar-refractivity contribution in [3.05, 3.63) is 35.4 Å². The molecule has 3 N–H and O–H groups in total. The van der Waals surface area contributed by atoms with Crippen molar-refractivity contribution in [1.29, 1.82) is 5.41 Å². The summed E-state index contributed by atoms with van der Waals surface area (Å²) in [4.78, 5) is 0. The van der Waals surface area contributed by atoms with Crippen molar-refractivity contribution in [2.45, 2.75) is 11.6 Å². The summed E-state index contributed by atoms with van der Waals surface area (Å²) in [5.41, 5.74) is 6.74. The van der Waals surface area contributed by atoms with Crippen LogP contribution in [0, 0.1) is 5.41 Å². The summed E-state index contributed by atoms with van der Waals surface area (Å²) in [6.07, 6.45) is -4.35. The SMILES string of the molecule is N=C(N)N1N=CSC1c1ccc(C(F)(F)F)cc1. The molecule has 1 aromatic rings. The lowest BCUT2D eigenvalue weighted by molar-refractivity contribution is -0.137. The smallest absolute Gasteiger partial charge is 0.368 e. The maximum atomic E-state index is 12.4. The minimum absolute atomic E-state index is 0.249. The third-order valence-corrected chi connectivity index (χ3v) is 3.30. The molecule has 1 heterocycles. The summed E-state index contributed by atoms with van der Waals surface area (Å²) >= 11 is 1.28. The van der Waals surface area contributed by atoms with Crippen LogP contribution < -0.4 is 5.73 Å². The summed E-state index contributed by atoms with van der Waals surface area (Å²) in [7, 11) is 0. The van der Waals surface area contributed by atoms with Crippen LogP contribution in [0.15, 0.2) is 29.4 Å². The van der Waals surface area contributed by atoms with E-state index in [-0.39, 0.29) is 11.3 Å². The second kappa shape index (κ2) is 4.52. The Kier molecular flexibility index (Phi) is 3.20. The first-order valence-corrected chi connectivity index (χ1v) is 5.82. The second-order valence-electron chi connectivity index (χ2n) is 3.56. The molecule has 8 heteroatoms. The molecular weight excluding hydrogens is 265 g/mol. The zero-order valence-corrected chi connectivity index (χ0v) is 9.79. The minimum Gasteiger partial charge on any atom is -0.368 e. The lowest BCUT2D eigenvalue weighted by atomic mass is 10.1. The van der Waals surface area contributed by atoms with Gasteiger partial charge in [0.1, 0.15) is 5.37 Å². The van der Waals surface area contributed by atoms with E-state index in [1.165, 1.54) is 34.5 Å². The van der Waals surface area contributed by atoms with Crippen LogP contribution in [0.25, 0.3) is 0 Å². The predicted molar refractivity (Wildman–Crippen MR) is 64.0 cm³/mol. The van der Waals surface area contributed by atoms with Gasteiger partial charge in [0.05, 0.1) is 11.1 Å². The number of thioether (sulfide) groups is 1. The molecule has 0 saturated carbocycles. The van der Waals surface area contributed by atoms with Gasteiger partial charge < -0.3 is 5.73 Å². The van der Waals surface area contributed by atoms with Crippen LogP contribution in [-0.4, -0.2) is 16.5 Å². The van der Waals surface area contributed by atoms with Crippen molar-refractivity contribution in [1.82, 2.24) is 5.01 Å². The number of benzene rings is 1. The maximum absolute atomic E-state index is 12.4.